The molecule has 0 heterocycles. The Morgan fingerprint density at radius 1 is 1.27 bits per heavy atom. The highest BCUT2D eigenvalue weighted by Crippen LogP contribution is 2.24. The molecule has 0 bridgehead atoms. The van der Waals surface area contributed by atoms with Gasteiger partial charge < -0.3 is 11.5 Å². The van der Waals surface area contributed by atoms with Crippen molar-refractivity contribution in [2.24, 2.45) is 11.5 Å². The Bertz CT molecular complexity index is 320. The maximum atomic E-state index is 11.8. The summed E-state index contributed by atoms with van der Waals surface area (Å²) in [5, 5.41) is -0.323. The van der Waals surface area contributed by atoms with E-state index in [9.17, 15) is 13.2 Å². The summed E-state index contributed by atoms with van der Waals surface area (Å²) in [7, 11) is -3.25. The van der Waals surface area contributed by atoms with Crippen LogP contribution in [0.5, 0.6) is 0 Å². The van der Waals surface area contributed by atoms with Crippen LogP contribution in [0, 0.1) is 0 Å². The third-order valence-electron chi connectivity index (χ3n) is 2.84. The van der Waals surface area contributed by atoms with Crippen molar-refractivity contribution in [2.75, 3.05) is 5.75 Å². The molecule has 1 amide bonds. The van der Waals surface area contributed by atoms with Gasteiger partial charge in [0.15, 0.2) is 9.84 Å². The van der Waals surface area contributed by atoms with E-state index in [1.165, 1.54) is 0 Å². The van der Waals surface area contributed by atoms with Gasteiger partial charge in [0, 0.05) is 0 Å². The van der Waals surface area contributed by atoms with Gasteiger partial charge in [0.05, 0.1) is 17.0 Å². The van der Waals surface area contributed by atoms with E-state index >= 15 is 0 Å². The summed E-state index contributed by atoms with van der Waals surface area (Å²) < 4.78 is 23.6. The van der Waals surface area contributed by atoms with E-state index in [4.69, 9.17) is 11.5 Å². The first-order valence-electron chi connectivity index (χ1n) is 5.20. The molecule has 1 saturated carbocycles. The van der Waals surface area contributed by atoms with Crippen LogP contribution < -0.4 is 11.5 Å². The van der Waals surface area contributed by atoms with E-state index in [2.05, 4.69) is 0 Å². The number of rotatable bonds is 4. The summed E-state index contributed by atoms with van der Waals surface area (Å²) in [5.74, 6) is -1.07. The Balaban J connectivity index is 2.61. The van der Waals surface area contributed by atoms with Gasteiger partial charge >= 0.3 is 0 Å². The second-order valence-corrected chi connectivity index (χ2v) is 6.42. The smallest absolute Gasteiger partial charge is 0.235 e. The molecule has 5 nitrogen and oxygen atoms in total. The number of amides is 1. The fourth-order valence-electron chi connectivity index (χ4n) is 1.89. The molecule has 0 aromatic carbocycles. The molecule has 1 fully saturated rings. The van der Waals surface area contributed by atoms with Crippen molar-refractivity contribution in [3.63, 3.8) is 0 Å². The van der Waals surface area contributed by atoms with Gasteiger partial charge in [-0.1, -0.05) is 19.3 Å². The predicted octanol–water partition coefficient (Wildman–Crippen LogP) is -0.454. The van der Waals surface area contributed by atoms with Crippen molar-refractivity contribution in [1.29, 1.82) is 0 Å². The maximum Gasteiger partial charge on any atom is 0.235 e. The van der Waals surface area contributed by atoms with Gasteiger partial charge in [0.2, 0.25) is 5.91 Å². The van der Waals surface area contributed by atoms with Crippen LogP contribution in [0.4, 0.5) is 0 Å². The largest absolute Gasteiger partial charge is 0.368 e. The lowest BCUT2D eigenvalue weighted by molar-refractivity contribution is -0.118. The molecular weight excluding hydrogens is 216 g/mol. The predicted molar refractivity (Wildman–Crippen MR) is 57.8 cm³/mol. The Kier molecular flexibility index (Phi) is 4.10. The van der Waals surface area contributed by atoms with Crippen LogP contribution in [0.25, 0.3) is 0 Å². The molecule has 4 N–H and O–H groups in total. The van der Waals surface area contributed by atoms with Gasteiger partial charge in [-0.3, -0.25) is 4.79 Å². The highest BCUT2D eigenvalue weighted by Gasteiger charge is 2.30. The molecule has 1 unspecified atom stereocenters. The van der Waals surface area contributed by atoms with Crippen LogP contribution in [0.3, 0.4) is 0 Å². The second-order valence-electron chi connectivity index (χ2n) is 4.10. The lowest BCUT2D eigenvalue weighted by Crippen LogP contribution is -2.44. The molecule has 6 heteroatoms. The highest BCUT2D eigenvalue weighted by molar-refractivity contribution is 7.92. The summed E-state index contributed by atoms with van der Waals surface area (Å²) in [5.41, 5.74) is 10.3. The minimum atomic E-state index is -3.25. The molecule has 0 saturated heterocycles. The first kappa shape index (κ1) is 12.4. The summed E-state index contributed by atoms with van der Waals surface area (Å²) in [6, 6.07) is -1.07. The van der Waals surface area contributed by atoms with Crippen LogP contribution in [-0.4, -0.2) is 31.4 Å². The summed E-state index contributed by atoms with van der Waals surface area (Å²) in [6.45, 7) is 0. The number of primary amides is 1. The van der Waals surface area contributed by atoms with Crippen LogP contribution in [0.2, 0.25) is 0 Å². The zero-order chi connectivity index (χ0) is 11.5. The molecule has 1 rings (SSSR count). The fourth-order valence-corrected chi connectivity index (χ4v) is 3.88. The lowest BCUT2D eigenvalue weighted by atomic mass is 10.0. The molecule has 0 aliphatic heterocycles. The molecule has 0 aromatic rings. The summed E-state index contributed by atoms with van der Waals surface area (Å²) in [6.07, 6.45) is 4.35. The zero-order valence-electron chi connectivity index (χ0n) is 8.69. The average molecular weight is 234 g/mol. The Hall–Kier alpha value is -0.620. The molecule has 1 aliphatic carbocycles. The van der Waals surface area contributed by atoms with E-state index in [1.54, 1.807) is 0 Å². The van der Waals surface area contributed by atoms with Crippen LogP contribution >= 0.6 is 0 Å². The third-order valence-corrected chi connectivity index (χ3v) is 5.15. The number of carbonyl (C=O) groups excluding carboxylic acids is 1. The molecule has 1 atom stereocenters. The lowest BCUT2D eigenvalue weighted by Gasteiger charge is -2.22. The normalized spacial score (nSPS) is 21.1. The fraction of sp³-hybridized carbons (Fsp3) is 0.889. The van der Waals surface area contributed by atoms with Crippen molar-refractivity contribution in [3.8, 4) is 0 Å². The van der Waals surface area contributed by atoms with Crippen molar-refractivity contribution in [3.05, 3.63) is 0 Å². The van der Waals surface area contributed by atoms with Crippen molar-refractivity contribution >= 4 is 15.7 Å². The Labute approximate surface area is 90.1 Å². The maximum absolute atomic E-state index is 11.8. The van der Waals surface area contributed by atoms with E-state index in [0.717, 1.165) is 19.3 Å². The number of hydrogen-bond acceptors (Lipinski definition) is 4. The van der Waals surface area contributed by atoms with E-state index < -0.39 is 21.8 Å². The van der Waals surface area contributed by atoms with Gasteiger partial charge in [-0.2, -0.15) is 0 Å². The quantitative estimate of drug-likeness (QED) is 0.687. The average Bonchev–Trinajstić information content (AvgIpc) is 2.18. The van der Waals surface area contributed by atoms with E-state index in [-0.39, 0.29) is 11.0 Å². The molecule has 15 heavy (non-hydrogen) atoms. The molecule has 88 valence electrons. The second kappa shape index (κ2) is 4.94. The Morgan fingerprint density at radius 3 is 2.27 bits per heavy atom. The minimum absolute atomic E-state index is 0.312. The standard InChI is InChI=1S/C9H18N2O3S/c10-8(9(11)12)6-15(13,14)7-4-2-1-3-5-7/h7-8H,1-6,10H2,(H2,11,12). The molecule has 0 aromatic heterocycles. The van der Waals surface area contributed by atoms with Crippen molar-refractivity contribution < 1.29 is 13.2 Å². The van der Waals surface area contributed by atoms with Gasteiger partial charge in [0.1, 0.15) is 0 Å². The van der Waals surface area contributed by atoms with E-state index in [1.807, 2.05) is 0 Å². The number of hydrogen-bond donors (Lipinski definition) is 2. The molecule has 1 aliphatic rings. The number of carbonyl (C=O) groups is 1. The highest BCUT2D eigenvalue weighted by atomic mass is 32.2. The van der Waals surface area contributed by atoms with Crippen molar-refractivity contribution in [1.82, 2.24) is 0 Å². The Morgan fingerprint density at radius 2 is 1.80 bits per heavy atom. The molecule has 0 spiro atoms. The molecular formula is C9H18N2O3S. The third kappa shape index (κ3) is 3.46. The van der Waals surface area contributed by atoms with Gasteiger partial charge in [0.25, 0.3) is 0 Å². The topological polar surface area (TPSA) is 103 Å². The van der Waals surface area contributed by atoms with Crippen LogP contribution in [0.1, 0.15) is 32.1 Å². The summed E-state index contributed by atoms with van der Waals surface area (Å²) in [4.78, 5) is 10.7. The van der Waals surface area contributed by atoms with Crippen molar-refractivity contribution in [2.45, 2.75) is 43.4 Å². The monoisotopic (exact) mass is 234 g/mol. The van der Waals surface area contributed by atoms with Gasteiger partial charge in [-0.15, -0.1) is 0 Å². The van der Waals surface area contributed by atoms with Gasteiger partial charge in [-0.25, -0.2) is 8.42 Å². The molecule has 0 radical (unpaired) electrons. The first-order valence-corrected chi connectivity index (χ1v) is 6.91. The van der Waals surface area contributed by atoms with E-state index in [0.29, 0.717) is 12.8 Å². The number of sulfone groups is 1. The van der Waals surface area contributed by atoms with Crippen LogP contribution in [-0.2, 0) is 14.6 Å². The minimum Gasteiger partial charge on any atom is -0.368 e. The SMILES string of the molecule is NC(=O)C(N)CS(=O)(=O)C1CCCCC1. The summed E-state index contributed by atoms with van der Waals surface area (Å²) >= 11 is 0. The van der Waals surface area contributed by atoms with Gasteiger partial charge in [-0.05, 0) is 12.8 Å². The number of nitrogens with two attached hydrogens (primary N) is 2. The van der Waals surface area contributed by atoms with Crippen LogP contribution in [0.15, 0.2) is 0 Å². The first-order chi connectivity index (χ1) is 6.93. The zero-order valence-corrected chi connectivity index (χ0v) is 9.50.